The van der Waals surface area contributed by atoms with E-state index in [1.54, 1.807) is 6.20 Å². The van der Waals surface area contributed by atoms with Gasteiger partial charge in [0, 0.05) is 10.7 Å². The average Bonchev–Trinajstić information content (AvgIpc) is 2.19. The molecule has 0 spiro atoms. The number of aromatic nitrogens is 1. The van der Waals surface area contributed by atoms with Gasteiger partial charge in [0.2, 0.25) is 0 Å². The largest absolute Gasteiger partial charge is 0.245 e. The van der Waals surface area contributed by atoms with E-state index in [0.717, 1.165) is 15.6 Å². The van der Waals surface area contributed by atoms with Crippen LogP contribution in [0.1, 0.15) is 0 Å². The van der Waals surface area contributed by atoms with Gasteiger partial charge in [0.15, 0.2) is 0 Å². The first-order valence-corrected chi connectivity index (χ1v) is 5.30. The van der Waals surface area contributed by atoms with Crippen LogP contribution in [-0.2, 0) is 0 Å². The summed E-state index contributed by atoms with van der Waals surface area (Å²) in [4.78, 5) is 3.94. The quantitative estimate of drug-likeness (QED) is 0.708. The molecule has 1 nitrogen and oxygen atoms in total. The molecule has 0 aliphatic carbocycles. The summed E-state index contributed by atoms with van der Waals surface area (Å²) in [5.74, 6) is 0. The molecular weight excluding hydrogens is 261 g/mol. The van der Waals surface area contributed by atoms with Crippen LogP contribution in [0.4, 0.5) is 0 Å². The molecule has 0 unspecified atom stereocenters. The van der Waals surface area contributed by atoms with Crippen LogP contribution in [0.3, 0.4) is 0 Å². The molecule has 0 saturated heterocycles. The highest BCUT2D eigenvalue weighted by molar-refractivity contribution is 9.10. The molecule has 0 radical (unpaired) electrons. The number of rotatable bonds is 1. The summed E-state index contributed by atoms with van der Waals surface area (Å²) in [6, 6.07) is 11.9. The highest BCUT2D eigenvalue weighted by Crippen LogP contribution is 2.22. The Morgan fingerprint density at radius 1 is 1.00 bits per heavy atom. The van der Waals surface area contributed by atoms with Gasteiger partial charge in [-0.2, -0.15) is 0 Å². The van der Waals surface area contributed by atoms with Crippen LogP contribution in [0, 0.1) is 0 Å². The van der Waals surface area contributed by atoms with Crippen molar-refractivity contribution >= 4 is 27.5 Å². The van der Waals surface area contributed by atoms with Crippen molar-refractivity contribution < 1.29 is 0 Å². The Kier molecular flexibility index (Phi) is 2.85. The van der Waals surface area contributed by atoms with Gasteiger partial charge in [0.1, 0.15) is 5.15 Å². The van der Waals surface area contributed by atoms with Gasteiger partial charge in [-0.3, -0.25) is 0 Å². The van der Waals surface area contributed by atoms with Gasteiger partial charge in [-0.1, -0.05) is 39.7 Å². The lowest BCUT2D eigenvalue weighted by atomic mass is 10.1. The van der Waals surface area contributed by atoms with Gasteiger partial charge in [-0.15, -0.1) is 0 Å². The number of nitrogens with zero attached hydrogens (tertiary/aromatic N) is 1. The minimum atomic E-state index is 0.519. The molecule has 0 bridgehead atoms. The van der Waals surface area contributed by atoms with Gasteiger partial charge in [-0.05, 0) is 35.4 Å². The first-order chi connectivity index (χ1) is 6.75. The molecule has 2 aromatic rings. The van der Waals surface area contributed by atoms with Crippen LogP contribution in [0.2, 0.25) is 5.15 Å². The standard InChI is InChI=1S/C11H7BrClN/c12-10-3-1-8(2-4-10)9-5-6-14-11(13)7-9/h1-7H. The van der Waals surface area contributed by atoms with Crippen molar-refractivity contribution in [2.24, 2.45) is 0 Å². The van der Waals surface area contributed by atoms with Crippen LogP contribution < -0.4 is 0 Å². The third-order valence-corrected chi connectivity index (χ3v) is 2.64. The van der Waals surface area contributed by atoms with E-state index in [-0.39, 0.29) is 0 Å². The summed E-state index contributed by atoms with van der Waals surface area (Å²) in [5, 5.41) is 0.519. The van der Waals surface area contributed by atoms with Crippen molar-refractivity contribution in [1.82, 2.24) is 4.98 Å². The zero-order valence-corrected chi connectivity index (χ0v) is 9.59. The second-order valence-electron chi connectivity index (χ2n) is 2.87. The fourth-order valence-corrected chi connectivity index (χ4v) is 1.66. The normalized spacial score (nSPS) is 10.1. The van der Waals surface area contributed by atoms with Crippen molar-refractivity contribution in [3.05, 3.63) is 52.2 Å². The van der Waals surface area contributed by atoms with E-state index in [4.69, 9.17) is 11.6 Å². The van der Waals surface area contributed by atoms with Crippen LogP contribution in [-0.4, -0.2) is 4.98 Å². The predicted molar refractivity (Wildman–Crippen MR) is 62.4 cm³/mol. The average molecular weight is 269 g/mol. The van der Waals surface area contributed by atoms with E-state index >= 15 is 0 Å². The number of benzene rings is 1. The van der Waals surface area contributed by atoms with Crippen LogP contribution in [0.5, 0.6) is 0 Å². The van der Waals surface area contributed by atoms with Gasteiger partial charge >= 0.3 is 0 Å². The van der Waals surface area contributed by atoms with E-state index in [2.05, 4.69) is 20.9 Å². The molecule has 1 aromatic carbocycles. The maximum atomic E-state index is 5.81. The summed E-state index contributed by atoms with van der Waals surface area (Å²) in [7, 11) is 0. The first kappa shape index (κ1) is 9.69. The molecule has 70 valence electrons. The van der Waals surface area contributed by atoms with Gasteiger partial charge < -0.3 is 0 Å². The second-order valence-corrected chi connectivity index (χ2v) is 4.18. The van der Waals surface area contributed by atoms with Gasteiger partial charge in [0.25, 0.3) is 0 Å². The Labute approximate surface area is 95.9 Å². The Morgan fingerprint density at radius 2 is 1.71 bits per heavy atom. The Morgan fingerprint density at radius 3 is 2.36 bits per heavy atom. The fraction of sp³-hybridized carbons (Fsp3) is 0. The SMILES string of the molecule is Clc1cc(-c2ccc(Br)cc2)ccn1. The van der Waals surface area contributed by atoms with E-state index in [0.29, 0.717) is 5.15 Å². The molecule has 3 heteroatoms. The number of halogens is 2. The predicted octanol–water partition coefficient (Wildman–Crippen LogP) is 4.16. The lowest BCUT2D eigenvalue weighted by Gasteiger charge is -2.01. The highest BCUT2D eigenvalue weighted by atomic mass is 79.9. The third kappa shape index (κ3) is 2.14. The third-order valence-electron chi connectivity index (χ3n) is 1.90. The molecule has 0 atom stereocenters. The summed E-state index contributed by atoms with van der Waals surface area (Å²) in [5.41, 5.74) is 2.22. The summed E-state index contributed by atoms with van der Waals surface area (Å²) in [6.07, 6.45) is 1.71. The minimum Gasteiger partial charge on any atom is -0.245 e. The molecule has 0 aliphatic rings. The van der Waals surface area contributed by atoms with Crippen molar-refractivity contribution in [1.29, 1.82) is 0 Å². The number of pyridine rings is 1. The van der Waals surface area contributed by atoms with E-state index in [9.17, 15) is 0 Å². The highest BCUT2D eigenvalue weighted by Gasteiger charge is 1.98. The monoisotopic (exact) mass is 267 g/mol. The topological polar surface area (TPSA) is 12.9 Å². The van der Waals surface area contributed by atoms with Crippen molar-refractivity contribution in [2.75, 3.05) is 0 Å². The van der Waals surface area contributed by atoms with Gasteiger partial charge in [0.05, 0.1) is 0 Å². The van der Waals surface area contributed by atoms with Crippen molar-refractivity contribution in [3.63, 3.8) is 0 Å². The molecule has 14 heavy (non-hydrogen) atoms. The molecular formula is C11H7BrClN. The molecule has 0 N–H and O–H groups in total. The summed E-state index contributed by atoms with van der Waals surface area (Å²) in [6.45, 7) is 0. The van der Waals surface area contributed by atoms with Crippen LogP contribution in [0.25, 0.3) is 11.1 Å². The molecule has 0 amide bonds. The van der Waals surface area contributed by atoms with Crippen LogP contribution >= 0.6 is 27.5 Å². The molecule has 2 rings (SSSR count). The van der Waals surface area contributed by atoms with Crippen LogP contribution in [0.15, 0.2) is 47.1 Å². The zero-order chi connectivity index (χ0) is 9.97. The minimum absolute atomic E-state index is 0.519. The Bertz CT molecular complexity index is 439. The smallest absolute Gasteiger partial charge is 0.129 e. The molecule has 0 fully saturated rings. The molecule has 0 saturated carbocycles. The fourth-order valence-electron chi connectivity index (χ4n) is 1.22. The molecule has 1 aromatic heterocycles. The first-order valence-electron chi connectivity index (χ1n) is 4.13. The van der Waals surface area contributed by atoms with E-state index in [1.165, 1.54) is 0 Å². The number of hydrogen-bond donors (Lipinski definition) is 0. The van der Waals surface area contributed by atoms with Crippen molar-refractivity contribution in [2.45, 2.75) is 0 Å². The second kappa shape index (κ2) is 4.11. The maximum absolute atomic E-state index is 5.81. The molecule has 0 aliphatic heterocycles. The summed E-state index contributed by atoms with van der Waals surface area (Å²) < 4.78 is 1.07. The summed E-state index contributed by atoms with van der Waals surface area (Å²) >= 11 is 9.20. The molecule has 1 heterocycles. The maximum Gasteiger partial charge on any atom is 0.129 e. The lowest BCUT2D eigenvalue weighted by Crippen LogP contribution is -1.79. The Hall–Kier alpha value is -0.860. The van der Waals surface area contributed by atoms with E-state index in [1.807, 2.05) is 36.4 Å². The van der Waals surface area contributed by atoms with Crippen molar-refractivity contribution in [3.8, 4) is 11.1 Å². The van der Waals surface area contributed by atoms with E-state index < -0.39 is 0 Å². The zero-order valence-electron chi connectivity index (χ0n) is 7.24. The van der Waals surface area contributed by atoms with Gasteiger partial charge in [-0.25, -0.2) is 4.98 Å². The number of hydrogen-bond acceptors (Lipinski definition) is 1. The Balaban J connectivity index is 2.44. The lowest BCUT2D eigenvalue weighted by molar-refractivity contribution is 1.33.